The van der Waals surface area contributed by atoms with Gasteiger partial charge in [-0.05, 0) is 24.3 Å². The molecule has 142 valence electrons. The Hall–Kier alpha value is -2.89. The van der Waals surface area contributed by atoms with Crippen molar-refractivity contribution in [1.29, 1.82) is 0 Å². The van der Waals surface area contributed by atoms with E-state index in [9.17, 15) is 9.59 Å². The van der Waals surface area contributed by atoms with Crippen molar-refractivity contribution in [3.05, 3.63) is 60.4 Å². The van der Waals surface area contributed by atoms with Gasteiger partial charge in [0, 0.05) is 58.0 Å². The van der Waals surface area contributed by atoms with Crippen LogP contribution in [0.2, 0.25) is 0 Å². The minimum absolute atomic E-state index is 0.0395. The second-order valence-electron chi connectivity index (χ2n) is 6.72. The number of carbonyl (C=O) groups excluding carboxylic acids is 2. The maximum atomic E-state index is 12.6. The Kier molecular flexibility index (Phi) is 6.41. The third-order valence-electron chi connectivity index (χ3n) is 4.87. The number of piperazine rings is 1. The highest BCUT2D eigenvalue weighted by molar-refractivity contribution is 5.78. The Morgan fingerprint density at radius 1 is 1.00 bits per heavy atom. The van der Waals surface area contributed by atoms with Crippen LogP contribution >= 0.6 is 0 Å². The van der Waals surface area contributed by atoms with Gasteiger partial charge in [0.25, 0.3) is 0 Å². The van der Waals surface area contributed by atoms with Crippen LogP contribution in [0.4, 0.5) is 5.69 Å². The second kappa shape index (κ2) is 9.16. The summed E-state index contributed by atoms with van der Waals surface area (Å²) in [4.78, 5) is 34.6. The normalized spacial score (nSPS) is 14.1. The maximum absolute atomic E-state index is 12.6. The number of aromatic nitrogens is 1. The zero-order chi connectivity index (χ0) is 19.1. The van der Waals surface area contributed by atoms with E-state index in [0.29, 0.717) is 32.6 Å². The molecule has 0 spiro atoms. The summed E-state index contributed by atoms with van der Waals surface area (Å²) in [5.41, 5.74) is 2.03. The number of rotatable bonds is 6. The number of hydrogen-bond donors (Lipinski definition) is 0. The number of amides is 2. The molecule has 0 atom stereocenters. The third kappa shape index (κ3) is 5.29. The van der Waals surface area contributed by atoms with Gasteiger partial charge in [-0.25, -0.2) is 0 Å². The van der Waals surface area contributed by atoms with E-state index in [2.05, 4.69) is 22.0 Å². The molecule has 1 saturated heterocycles. The Balaban J connectivity index is 1.48. The lowest BCUT2D eigenvalue weighted by Crippen LogP contribution is -2.49. The summed E-state index contributed by atoms with van der Waals surface area (Å²) >= 11 is 0. The molecule has 0 bridgehead atoms. The molecule has 0 radical (unpaired) electrons. The molecule has 3 rings (SSSR count). The van der Waals surface area contributed by atoms with Gasteiger partial charge in [-0.2, -0.15) is 0 Å². The van der Waals surface area contributed by atoms with E-state index in [0.717, 1.165) is 18.8 Å². The molecule has 1 aromatic heterocycles. The fourth-order valence-electron chi connectivity index (χ4n) is 3.28. The van der Waals surface area contributed by atoms with E-state index in [1.807, 2.05) is 41.3 Å². The van der Waals surface area contributed by atoms with Crippen LogP contribution in [-0.2, 0) is 16.1 Å². The lowest BCUT2D eigenvalue weighted by molar-refractivity contribution is -0.134. The zero-order valence-electron chi connectivity index (χ0n) is 15.8. The molecule has 6 nitrogen and oxygen atoms in total. The first-order valence-electron chi connectivity index (χ1n) is 9.36. The van der Waals surface area contributed by atoms with Crippen molar-refractivity contribution < 1.29 is 9.59 Å². The SMILES string of the molecule is CC(=O)N(CCC(=O)N1CCN(c2ccccc2)CC1)Cc1ccccn1. The summed E-state index contributed by atoms with van der Waals surface area (Å²) < 4.78 is 0. The fraction of sp³-hybridized carbons (Fsp3) is 0.381. The molecule has 2 aromatic rings. The van der Waals surface area contributed by atoms with Crippen LogP contribution in [-0.4, -0.2) is 59.3 Å². The van der Waals surface area contributed by atoms with Gasteiger partial charge in [0.2, 0.25) is 11.8 Å². The molecule has 0 N–H and O–H groups in total. The molecule has 0 aliphatic carbocycles. The highest BCUT2D eigenvalue weighted by Gasteiger charge is 2.22. The van der Waals surface area contributed by atoms with Gasteiger partial charge >= 0.3 is 0 Å². The monoisotopic (exact) mass is 366 g/mol. The molecule has 1 aliphatic heterocycles. The molecule has 27 heavy (non-hydrogen) atoms. The average Bonchev–Trinajstić information content (AvgIpc) is 2.72. The van der Waals surface area contributed by atoms with Crippen molar-refractivity contribution in [1.82, 2.24) is 14.8 Å². The highest BCUT2D eigenvalue weighted by atomic mass is 16.2. The quantitative estimate of drug-likeness (QED) is 0.786. The van der Waals surface area contributed by atoms with Crippen molar-refractivity contribution in [2.24, 2.45) is 0 Å². The average molecular weight is 366 g/mol. The molecule has 6 heteroatoms. The lowest BCUT2D eigenvalue weighted by Gasteiger charge is -2.36. The molecule has 1 aliphatic rings. The van der Waals surface area contributed by atoms with Gasteiger partial charge in [0.1, 0.15) is 0 Å². The van der Waals surface area contributed by atoms with Crippen LogP contribution in [0.5, 0.6) is 0 Å². The van der Waals surface area contributed by atoms with Crippen molar-refractivity contribution in [2.45, 2.75) is 19.9 Å². The first-order chi connectivity index (χ1) is 13.1. The van der Waals surface area contributed by atoms with Gasteiger partial charge in [-0.15, -0.1) is 0 Å². The summed E-state index contributed by atoms with van der Waals surface area (Å²) in [6.45, 7) is 5.49. The number of nitrogens with zero attached hydrogens (tertiary/aromatic N) is 4. The molecule has 2 heterocycles. The molecule has 2 amide bonds. The Morgan fingerprint density at radius 3 is 2.33 bits per heavy atom. The smallest absolute Gasteiger partial charge is 0.224 e. The summed E-state index contributed by atoms with van der Waals surface area (Å²) in [5.74, 6) is 0.0670. The molecule has 1 aromatic carbocycles. The van der Waals surface area contributed by atoms with E-state index in [4.69, 9.17) is 0 Å². The summed E-state index contributed by atoms with van der Waals surface area (Å²) in [5, 5.41) is 0. The first-order valence-corrected chi connectivity index (χ1v) is 9.36. The van der Waals surface area contributed by atoms with Crippen LogP contribution in [0.1, 0.15) is 19.0 Å². The van der Waals surface area contributed by atoms with Crippen LogP contribution in [0, 0.1) is 0 Å². The zero-order valence-corrected chi connectivity index (χ0v) is 15.8. The standard InChI is InChI=1S/C21H26N4O2/c1-18(26)25(17-19-7-5-6-11-22-19)12-10-21(27)24-15-13-23(14-16-24)20-8-3-2-4-9-20/h2-9,11H,10,12-17H2,1H3. The number of para-hydroxylation sites is 1. The van der Waals surface area contributed by atoms with Gasteiger partial charge < -0.3 is 14.7 Å². The second-order valence-corrected chi connectivity index (χ2v) is 6.72. The Bertz CT molecular complexity index is 743. The Morgan fingerprint density at radius 2 is 1.70 bits per heavy atom. The maximum Gasteiger partial charge on any atom is 0.224 e. The van der Waals surface area contributed by atoms with Gasteiger partial charge in [0.15, 0.2) is 0 Å². The fourth-order valence-corrected chi connectivity index (χ4v) is 3.28. The van der Waals surface area contributed by atoms with Crippen molar-refractivity contribution >= 4 is 17.5 Å². The highest BCUT2D eigenvalue weighted by Crippen LogP contribution is 2.16. The van der Waals surface area contributed by atoms with Gasteiger partial charge in [-0.3, -0.25) is 14.6 Å². The predicted molar refractivity (Wildman–Crippen MR) is 105 cm³/mol. The Labute approximate surface area is 160 Å². The van der Waals surface area contributed by atoms with E-state index < -0.39 is 0 Å². The molecular weight excluding hydrogens is 340 g/mol. The van der Waals surface area contributed by atoms with Crippen LogP contribution < -0.4 is 4.90 Å². The van der Waals surface area contributed by atoms with Crippen molar-refractivity contribution in [3.8, 4) is 0 Å². The minimum atomic E-state index is -0.0395. The molecule has 1 fully saturated rings. The number of hydrogen-bond acceptors (Lipinski definition) is 4. The van der Waals surface area contributed by atoms with Gasteiger partial charge in [-0.1, -0.05) is 24.3 Å². The topological polar surface area (TPSA) is 56.8 Å². The summed E-state index contributed by atoms with van der Waals surface area (Å²) in [6, 6.07) is 15.9. The number of carbonyl (C=O) groups is 2. The molecular formula is C21H26N4O2. The molecule has 0 unspecified atom stereocenters. The first kappa shape index (κ1) is 18.9. The van der Waals surface area contributed by atoms with Crippen LogP contribution in [0.3, 0.4) is 0 Å². The predicted octanol–water partition coefficient (Wildman–Crippen LogP) is 2.17. The largest absolute Gasteiger partial charge is 0.368 e. The molecule has 0 saturated carbocycles. The van der Waals surface area contributed by atoms with Gasteiger partial charge in [0.05, 0.1) is 12.2 Å². The van der Waals surface area contributed by atoms with E-state index in [-0.39, 0.29) is 11.8 Å². The number of pyridine rings is 1. The van der Waals surface area contributed by atoms with E-state index in [1.165, 1.54) is 12.6 Å². The van der Waals surface area contributed by atoms with E-state index in [1.54, 1.807) is 11.1 Å². The third-order valence-corrected chi connectivity index (χ3v) is 4.87. The lowest BCUT2D eigenvalue weighted by atomic mass is 10.2. The van der Waals surface area contributed by atoms with Crippen LogP contribution in [0.15, 0.2) is 54.7 Å². The van der Waals surface area contributed by atoms with E-state index >= 15 is 0 Å². The van der Waals surface area contributed by atoms with Crippen molar-refractivity contribution in [2.75, 3.05) is 37.6 Å². The summed E-state index contributed by atoms with van der Waals surface area (Å²) in [7, 11) is 0. The minimum Gasteiger partial charge on any atom is -0.368 e. The van der Waals surface area contributed by atoms with Crippen LogP contribution in [0.25, 0.3) is 0 Å². The number of anilines is 1. The number of benzene rings is 1. The summed E-state index contributed by atoms with van der Waals surface area (Å²) in [6.07, 6.45) is 2.06. The van der Waals surface area contributed by atoms with Crippen molar-refractivity contribution in [3.63, 3.8) is 0 Å².